The van der Waals surface area contributed by atoms with Gasteiger partial charge in [0.2, 0.25) is 5.91 Å². The molecule has 3 aromatic rings. The van der Waals surface area contributed by atoms with Gasteiger partial charge in [-0.2, -0.15) is 31.4 Å². The first-order chi connectivity index (χ1) is 16.1. The summed E-state index contributed by atoms with van der Waals surface area (Å²) >= 11 is 6.52. The minimum atomic E-state index is -4.84. The maximum absolute atomic E-state index is 13.4. The lowest BCUT2D eigenvalue weighted by molar-refractivity contribution is -0.142. The Balaban J connectivity index is 1.77. The molecule has 1 atom stereocenters. The van der Waals surface area contributed by atoms with E-state index in [0.717, 1.165) is 10.7 Å². The predicted octanol–water partition coefficient (Wildman–Crippen LogP) is 5.67. The quantitative estimate of drug-likeness (QED) is 0.408. The third-order valence-electron chi connectivity index (χ3n) is 5.49. The van der Waals surface area contributed by atoms with Crippen LogP contribution in [0.1, 0.15) is 64.0 Å². The molecule has 188 valence electrons. The summed E-state index contributed by atoms with van der Waals surface area (Å²) in [6.07, 6.45) is -8.44. The Bertz CT molecular complexity index is 1360. The minimum Gasteiger partial charge on any atom is -0.365 e. The van der Waals surface area contributed by atoms with Crippen molar-refractivity contribution in [2.45, 2.75) is 51.0 Å². The van der Waals surface area contributed by atoms with Crippen LogP contribution < -0.4 is 11.1 Å². The first-order valence-corrected chi connectivity index (χ1v) is 11.3. The number of nitrogens with one attached hydrogen (secondary N) is 1. The fourth-order valence-corrected chi connectivity index (χ4v) is 5.13. The second-order valence-electron chi connectivity index (χ2n) is 8.10. The van der Waals surface area contributed by atoms with Gasteiger partial charge in [0.15, 0.2) is 5.69 Å². The molecule has 2 amide bonds. The lowest BCUT2D eigenvalue weighted by Crippen LogP contribution is -2.27. The van der Waals surface area contributed by atoms with Crippen LogP contribution >= 0.6 is 22.9 Å². The van der Waals surface area contributed by atoms with E-state index in [4.69, 9.17) is 17.3 Å². The Morgan fingerprint density at radius 2 is 1.86 bits per heavy atom. The van der Waals surface area contributed by atoms with Crippen molar-refractivity contribution in [1.29, 1.82) is 0 Å². The van der Waals surface area contributed by atoms with E-state index in [1.54, 1.807) is 0 Å². The first kappa shape index (κ1) is 25.2. The normalized spacial score (nSPS) is 15.5. The molecule has 1 fully saturated rings. The van der Waals surface area contributed by atoms with Gasteiger partial charge in [-0.3, -0.25) is 14.3 Å². The van der Waals surface area contributed by atoms with E-state index in [0.29, 0.717) is 24.2 Å². The molecular formula is C20H16ClF6N5O2S. The minimum absolute atomic E-state index is 0.0641. The van der Waals surface area contributed by atoms with Crippen molar-refractivity contribution in [3.8, 4) is 0 Å². The summed E-state index contributed by atoms with van der Waals surface area (Å²) in [6, 6.07) is -0.551. The maximum atomic E-state index is 13.4. The summed E-state index contributed by atoms with van der Waals surface area (Å²) in [5.74, 6) is -2.19. The molecular weight excluding hydrogens is 524 g/mol. The Labute approximate surface area is 202 Å². The van der Waals surface area contributed by atoms with Crippen LogP contribution in [0.5, 0.6) is 0 Å². The monoisotopic (exact) mass is 539 g/mol. The third kappa shape index (κ3) is 4.56. The highest BCUT2D eigenvalue weighted by atomic mass is 35.5. The van der Waals surface area contributed by atoms with Crippen LogP contribution in [0.2, 0.25) is 5.02 Å². The van der Waals surface area contributed by atoms with E-state index >= 15 is 0 Å². The van der Waals surface area contributed by atoms with Gasteiger partial charge in [-0.15, -0.1) is 11.3 Å². The van der Waals surface area contributed by atoms with E-state index in [1.165, 1.54) is 13.8 Å². The number of nitrogens with zero attached hydrogens (tertiary/aromatic N) is 3. The molecule has 3 N–H and O–H groups in total. The Morgan fingerprint density at radius 1 is 1.23 bits per heavy atom. The van der Waals surface area contributed by atoms with Gasteiger partial charge in [-0.1, -0.05) is 11.6 Å². The summed E-state index contributed by atoms with van der Waals surface area (Å²) < 4.78 is 80.5. The number of thiophene rings is 1. The van der Waals surface area contributed by atoms with E-state index < -0.39 is 46.6 Å². The molecule has 3 aromatic heterocycles. The lowest BCUT2D eigenvalue weighted by Gasteiger charge is -2.16. The second-order valence-corrected chi connectivity index (χ2v) is 9.48. The fourth-order valence-electron chi connectivity index (χ4n) is 3.69. The highest BCUT2D eigenvalue weighted by Crippen LogP contribution is 2.48. The summed E-state index contributed by atoms with van der Waals surface area (Å²) in [6.45, 7) is 2.62. The summed E-state index contributed by atoms with van der Waals surface area (Å²) in [5.41, 5.74) is 2.82. The highest BCUT2D eigenvalue weighted by molar-refractivity contribution is 7.21. The van der Waals surface area contributed by atoms with Gasteiger partial charge in [0.05, 0.1) is 16.4 Å². The molecule has 0 radical (unpaired) electrons. The number of carbonyl (C=O) groups excluding carboxylic acids is 2. The summed E-state index contributed by atoms with van der Waals surface area (Å²) in [7, 11) is 0. The molecule has 0 spiro atoms. The molecule has 7 nitrogen and oxygen atoms in total. The van der Waals surface area contributed by atoms with Gasteiger partial charge < -0.3 is 11.1 Å². The number of pyridine rings is 1. The molecule has 3 heterocycles. The number of hydrogen-bond donors (Lipinski definition) is 2. The maximum Gasteiger partial charge on any atom is 0.436 e. The molecule has 1 aliphatic carbocycles. The Kier molecular flexibility index (Phi) is 6.03. The topological polar surface area (TPSA) is 103 Å². The average Bonchev–Trinajstić information content (AvgIpc) is 3.39. The number of nitrogens with two attached hydrogens (primary N) is 1. The molecule has 15 heteroatoms. The molecule has 1 saturated carbocycles. The van der Waals surface area contributed by atoms with Gasteiger partial charge in [-0.25, -0.2) is 4.98 Å². The van der Waals surface area contributed by atoms with Crippen molar-refractivity contribution >= 4 is 50.7 Å². The zero-order chi connectivity index (χ0) is 26.0. The van der Waals surface area contributed by atoms with Crippen molar-refractivity contribution in [2.24, 2.45) is 5.73 Å². The Hall–Kier alpha value is -2.87. The highest BCUT2D eigenvalue weighted by Gasteiger charge is 2.43. The standard InChI is InChI=1S/C20H16ClF6N5O2S/c1-6-5-9(19(22,23)24)29-18-10(6)12(14(35-18)16(28)33)30-17(34)7(2)32-13(8-3-4-8)11(21)15(31-32)20(25,26)27/h5,7-8H,3-4H2,1-2H3,(H2,28,33)(H,30,34). The van der Waals surface area contributed by atoms with Crippen molar-refractivity contribution in [1.82, 2.24) is 14.8 Å². The smallest absolute Gasteiger partial charge is 0.365 e. The largest absolute Gasteiger partial charge is 0.436 e. The average molecular weight is 540 g/mol. The predicted molar refractivity (Wildman–Crippen MR) is 115 cm³/mol. The third-order valence-corrected chi connectivity index (χ3v) is 6.96. The Morgan fingerprint density at radius 3 is 2.37 bits per heavy atom. The van der Waals surface area contributed by atoms with Crippen LogP contribution in [0.15, 0.2) is 6.07 Å². The number of halogens is 7. The number of carbonyl (C=O) groups is 2. The molecule has 0 aromatic carbocycles. The number of fused-ring (bicyclic) bond motifs is 1. The van der Waals surface area contributed by atoms with E-state index in [2.05, 4.69) is 15.4 Å². The van der Waals surface area contributed by atoms with Crippen molar-refractivity contribution < 1.29 is 35.9 Å². The lowest BCUT2D eigenvalue weighted by atomic mass is 10.1. The van der Waals surface area contributed by atoms with Gasteiger partial charge in [0.1, 0.15) is 21.4 Å². The van der Waals surface area contributed by atoms with E-state index in [9.17, 15) is 35.9 Å². The van der Waals surface area contributed by atoms with Gasteiger partial charge >= 0.3 is 12.4 Å². The van der Waals surface area contributed by atoms with Crippen LogP contribution in [0.25, 0.3) is 10.2 Å². The number of aryl methyl sites for hydroxylation is 1. The van der Waals surface area contributed by atoms with Gasteiger partial charge in [-0.05, 0) is 38.3 Å². The van der Waals surface area contributed by atoms with Gasteiger partial charge in [0.25, 0.3) is 5.91 Å². The molecule has 35 heavy (non-hydrogen) atoms. The number of aromatic nitrogens is 3. The van der Waals surface area contributed by atoms with Crippen molar-refractivity contribution in [3.63, 3.8) is 0 Å². The van der Waals surface area contributed by atoms with Crippen molar-refractivity contribution in [3.05, 3.63) is 38.6 Å². The van der Waals surface area contributed by atoms with Crippen LogP contribution in [0.4, 0.5) is 32.0 Å². The first-order valence-electron chi connectivity index (χ1n) is 10.1. The molecule has 1 aliphatic rings. The fraction of sp³-hybridized carbons (Fsp3) is 0.400. The van der Waals surface area contributed by atoms with Crippen LogP contribution in [-0.2, 0) is 17.1 Å². The number of rotatable bonds is 5. The van der Waals surface area contributed by atoms with E-state index in [-0.39, 0.29) is 38.0 Å². The SMILES string of the molecule is Cc1cc(C(F)(F)F)nc2sc(C(N)=O)c(NC(=O)C(C)n3nc(C(F)(F)F)c(Cl)c3C3CC3)c12. The number of primary amides is 1. The van der Waals surface area contributed by atoms with E-state index in [1.807, 2.05) is 0 Å². The molecule has 0 saturated heterocycles. The molecule has 1 unspecified atom stereocenters. The molecule has 4 rings (SSSR count). The number of amides is 2. The van der Waals surface area contributed by atoms with Crippen molar-refractivity contribution in [2.75, 3.05) is 5.32 Å². The molecule has 0 bridgehead atoms. The second kappa shape index (κ2) is 8.36. The number of anilines is 1. The van der Waals surface area contributed by atoms with Crippen LogP contribution in [0, 0.1) is 6.92 Å². The molecule has 0 aliphatic heterocycles. The summed E-state index contributed by atoms with van der Waals surface area (Å²) in [5, 5.41) is 5.45. The number of hydrogen-bond acceptors (Lipinski definition) is 5. The van der Waals surface area contributed by atoms with Gasteiger partial charge in [0, 0.05) is 11.3 Å². The zero-order valence-corrected chi connectivity index (χ0v) is 19.5. The summed E-state index contributed by atoms with van der Waals surface area (Å²) in [4.78, 5) is 28.2. The van der Waals surface area contributed by atoms with Crippen LogP contribution in [0.3, 0.4) is 0 Å². The van der Waals surface area contributed by atoms with Crippen LogP contribution in [-0.4, -0.2) is 26.6 Å². The number of alkyl halides is 6. The zero-order valence-electron chi connectivity index (χ0n) is 17.9.